The molecule has 0 radical (unpaired) electrons. The largest absolute Gasteiger partial charge is 0.565 e. The van der Waals surface area contributed by atoms with Gasteiger partial charge in [-0.25, -0.2) is 0 Å². The molecule has 0 aromatic heterocycles. The van der Waals surface area contributed by atoms with E-state index in [9.17, 15) is 9.59 Å². The van der Waals surface area contributed by atoms with Crippen LogP contribution in [0.25, 0.3) is 0 Å². The zero-order valence-corrected chi connectivity index (χ0v) is 16.2. The van der Waals surface area contributed by atoms with Crippen LogP contribution in [-0.4, -0.2) is 38.4 Å². The predicted molar refractivity (Wildman–Crippen MR) is 105 cm³/mol. The molecule has 0 N–H and O–H groups in total. The maximum absolute atomic E-state index is 12.4. The van der Waals surface area contributed by atoms with Gasteiger partial charge in [-0.3, -0.25) is 9.59 Å². The lowest BCUT2D eigenvalue weighted by atomic mass is 9.77. The normalized spacial score (nSPS) is 21.9. The standard InChI is InChI=1S/C20H20B2O6/c1-11-5-12(2)8-15(7-11)21-25-17(19(23)27-21)18-20(24)28-22(26-18)16-9-13(3)6-14(4)10-16/h5-10,17-18H,1-4H3/t17-,18-/m1/s1. The number of carbonyl (C=O) groups excluding carboxylic acids is 2. The molecule has 2 aliphatic heterocycles. The van der Waals surface area contributed by atoms with Crippen molar-refractivity contribution in [2.75, 3.05) is 0 Å². The van der Waals surface area contributed by atoms with Crippen LogP contribution in [0, 0.1) is 27.7 Å². The Balaban J connectivity index is 1.52. The van der Waals surface area contributed by atoms with Gasteiger partial charge in [-0.05, 0) is 38.6 Å². The van der Waals surface area contributed by atoms with Gasteiger partial charge in [-0.2, -0.15) is 0 Å². The number of hydrogen-bond donors (Lipinski definition) is 0. The van der Waals surface area contributed by atoms with Crippen molar-refractivity contribution in [3.05, 3.63) is 58.7 Å². The lowest BCUT2D eigenvalue weighted by Gasteiger charge is -2.12. The Morgan fingerprint density at radius 1 is 0.607 bits per heavy atom. The van der Waals surface area contributed by atoms with Crippen molar-refractivity contribution >= 4 is 37.1 Å². The Kier molecular flexibility index (Phi) is 4.77. The van der Waals surface area contributed by atoms with E-state index in [1.54, 1.807) is 0 Å². The number of benzene rings is 2. The minimum Gasteiger partial charge on any atom is -0.504 e. The molecule has 8 heteroatoms. The summed E-state index contributed by atoms with van der Waals surface area (Å²) in [6, 6.07) is 11.6. The summed E-state index contributed by atoms with van der Waals surface area (Å²) in [6.45, 7) is 7.82. The molecule has 0 amide bonds. The molecule has 2 aliphatic rings. The van der Waals surface area contributed by atoms with Crippen molar-refractivity contribution in [2.24, 2.45) is 0 Å². The van der Waals surface area contributed by atoms with Crippen LogP contribution in [0.3, 0.4) is 0 Å². The number of rotatable bonds is 3. The molecule has 2 saturated heterocycles. The smallest absolute Gasteiger partial charge is 0.504 e. The molecule has 4 rings (SSSR count). The summed E-state index contributed by atoms with van der Waals surface area (Å²) in [7, 11) is -1.74. The van der Waals surface area contributed by atoms with Crippen LogP contribution in [0.4, 0.5) is 0 Å². The maximum atomic E-state index is 12.4. The molecule has 2 aromatic rings. The van der Waals surface area contributed by atoms with E-state index < -0.39 is 38.4 Å². The van der Waals surface area contributed by atoms with E-state index in [1.165, 1.54) is 0 Å². The lowest BCUT2D eigenvalue weighted by Crippen LogP contribution is -2.40. The molecular formula is C20H20B2O6. The summed E-state index contributed by atoms with van der Waals surface area (Å²) in [5.41, 5.74) is 5.58. The highest BCUT2D eigenvalue weighted by molar-refractivity contribution is 6.65. The third-order valence-corrected chi connectivity index (χ3v) is 4.76. The van der Waals surface area contributed by atoms with Crippen LogP contribution < -0.4 is 10.9 Å². The maximum Gasteiger partial charge on any atom is 0.565 e. The number of aryl methyl sites for hydroxylation is 4. The summed E-state index contributed by atoms with van der Waals surface area (Å²) in [5, 5.41) is 0. The minimum atomic E-state index is -1.16. The van der Waals surface area contributed by atoms with Gasteiger partial charge < -0.3 is 18.6 Å². The van der Waals surface area contributed by atoms with Crippen molar-refractivity contribution in [1.82, 2.24) is 0 Å². The Hall–Kier alpha value is -2.57. The molecule has 0 unspecified atom stereocenters. The first-order valence-corrected chi connectivity index (χ1v) is 9.18. The topological polar surface area (TPSA) is 71.1 Å². The number of carbonyl (C=O) groups is 2. The van der Waals surface area contributed by atoms with Gasteiger partial charge in [0.15, 0.2) is 12.2 Å². The molecule has 2 fully saturated rings. The highest BCUT2D eigenvalue weighted by Crippen LogP contribution is 2.23. The van der Waals surface area contributed by atoms with E-state index in [1.807, 2.05) is 64.1 Å². The molecule has 2 aromatic carbocycles. The average Bonchev–Trinajstić information content (AvgIpc) is 3.16. The predicted octanol–water partition coefficient (Wildman–Crippen LogP) is 0.895. The fraction of sp³-hybridized carbons (Fsp3) is 0.300. The Labute approximate surface area is 164 Å². The molecular weight excluding hydrogens is 358 g/mol. The Morgan fingerprint density at radius 3 is 1.25 bits per heavy atom. The highest BCUT2D eigenvalue weighted by atomic mass is 16.7. The van der Waals surface area contributed by atoms with Crippen LogP contribution in [0.1, 0.15) is 22.3 Å². The summed E-state index contributed by atoms with van der Waals surface area (Å²) < 4.78 is 22.2. The summed E-state index contributed by atoms with van der Waals surface area (Å²) in [5.74, 6) is -1.26. The van der Waals surface area contributed by atoms with E-state index in [0.29, 0.717) is 0 Å². The first-order valence-electron chi connectivity index (χ1n) is 9.18. The molecule has 28 heavy (non-hydrogen) atoms. The molecule has 2 heterocycles. The van der Waals surface area contributed by atoms with Gasteiger partial charge in [0.25, 0.3) is 0 Å². The van der Waals surface area contributed by atoms with Crippen LogP contribution in [0.2, 0.25) is 0 Å². The third kappa shape index (κ3) is 3.57. The average molecular weight is 378 g/mol. The van der Waals surface area contributed by atoms with Gasteiger partial charge >= 0.3 is 26.2 Å². The molecule has 0 aliphatic carbocycles. The van der Waals surface area contributed by atoms with Crippen molar-refractivity contribution in [3.63, 3.8) is 0 Å². The van der Waals surface area contributed by atoms with Crippen LogP contribution >= 0.6 is 0 Å². The third-order valence-electron chi connectivity index (χ3n) is 4.76. The second-order valence-corrected chi connectivity index (χ2v) is 7.49. The monoisotopic (exact) mass is 378 g/mol. The first-order chi connectivity index (χ1) is 13.3. The fourth-order valence-corrected chi connectivity index (χ4v) is 3.75. The zero-order chi connectivity index (χ0) is 20.0. The fourth-order valence-electron chi connectivity index (χ4n) is 3.75. The van der Waals surface area contributed by atoms with Crippen LogP contribution in [0.15, 0.2) is 36.4 Å². The van der Waals surface area contributed by atoms with Gasteiger partial charge in [-0.15, -0.1) is 0 Å². The van der Waals surface area contributed by atoms with Gasteiger partial charge in [0.05, 0.1) is 0 Å². The summed E-state index contributed by atoms with van der Waals surface area (Å²) in [6.07, 6.45) is -2.32. The van der Waals surface area contributed by atoms with E-state index in [0.717, 1.165) is 33.2 Å². The summed E-state index contributed by atoms with van der Waals surface area (Å²) >= 11 is 0. The van der Waals surface area contributed by atoms with Crippen molar-refractivity contribution < 1.29 is 28.2 Å². The Bertz CT molecular complexity index is 842. The van der Waals surface area contributed by atoms with E-state index >= 15 is 0 Å². The van der Waals surface area contributed by atoms with Gasteiger partial charge in [0, 0.05) is 0 Å². The van der Waals surface area contributed by atoms with E-state index in [4.69, 9.17) is 18.6 Å². The van der Waals surface area contributed by atoms with Crippen LogP contribution in [-0.2, 0) is 28.2 Å². The first kappa shape index (κ1) is 18.8. The number of hydrogen-bond acceptors (Lipinski definition) is 6. The molecule has 142 valence electrons. The van der Waals surface area contributed by atoms with Crippen molar-refractivity contribution in [3.8, 4) is 0 Å². The van der Waals surface area contributed by atoms with E-state index in [2.05, 4.69) is 0 Å². The lowest BCUT2D eigenvalue weighted by molar-refractivity contribution is -0.147. The highest BCUT2D eigenvalue weighted by Gasteiger charge is 2.54. The SMILES string of the molecule is Cc1cc(C)cc(B2OC(=O)[C@@H]([C@H]3OB(c4cc(C)cc(C)c4)OC3=O)O2)c1. The Morgan fingerprint density at radius 2 is 0.929 bits per heavy atom. The molecule has 0 bridgehead atoms. The van der Waals surface area contributed by atoms with Crippen molar-refractivity contribution in [2.45, 2.75) is 39.9 Å². The molecule has 0 spiro atoms. The molecule has 2 atom stereocenters. The molecule has 6 nitrogen and oxygen atoms in total. The second kappa shape index (κ2) is 7.11. The van der Waals surface area contributed by atoms with Gasteiger partial charge in [0.2, 0.25) is 0 Å². The molecule has 0 saturated carbocycles. The summed E-state index contributed by atoms with van der Waals surface area (Å²) in [4.78, 5) is 24.8. The zero-order valence-electron chi connectivity index (χ0n) is 16.2. The quantitative estimate of drug-likeness (QED) is 0.740. The second-order valence-electron chi connectivity index (χ2n) is 7.49. The van der Waals surface area contributed by atoms with Crippen molar-refractivity contribution in [1.29, 1.82) is 0 Å². The minimum absolute atomic E-state index is 0.632. The van der Waals surface area contributed by atoms with Crippen LogP contribution in [0.5, 0.6) is 0 Å². The van der Waals surface area contributed by atoms with E-state index in [-0.39, 0.29) is 0 Å². The van der Waals surface area contributed by atoms with Gasteiger partial charge in [-0.1, -0.05) is 58.7 Å². The van der Waals surface area contributed by atoms with Gasteiger partial charge in [0.1, 0.15) is 0 Å².